The second-order valence-corrected chi connectivity index (χ2v) is 4.70. The van der Waals surface area contributed by atoms with Gasteiger partial charge in [0.1, 0.15) is 4.60 Å². The zero-order valence-corrected chi connectivity index (χ0v) is 9.87. The Morgan fingerprint density at radius 1 is 1.29 bits per heavy atom. The largest absolute Gasteiger partial charge is 0.355 e. The van der Waals surface area contributed by atoms with Crippen molar-refractivity contribution in [1.29, 1.82) is 0 Å². The van der Waals surface area contributed by atoms with Gasteiger partial charge in [0, 0.05) is 13.1 Å². The van der Waals surface area contributed by atoms with Crippen LogP contribution in [0.1, 0.15) is 19.8 Å². The lowest BCUT2D eigenvalue weighted by molar-refractivity contribution is 0.436. The van der Waals surface area contributed by atoms with E-state index >= 15 is 0 Å². The SMILES string of the molecule is CC1CCN(c2ccc(Br)nn2)CC1. The normalized spacial score (nSPS) is 18.6. The Hall–Kier alpha value is -0.640. The molecule has 0 aliphatic carbocycles. The molecule has 0 N–H and O–H groups in total. The number of halogens is 1. The van der Waals surface area contributed by atoms with Crippen molar-refractivity contribution in [1.82, 2.24) is 10.2 Å². The molecule has 0 bridgehead atoms. The fraction of sp³-hybridized carbons (Fsp3) is 0.600. The maximum absolute atomic E-state index is 4.16. The van der Waals surface area contributed by atoms with Gasteiger partial charge in [0.05, 0.1) is 0 Å². The molecule has 0 spiro atoms. The number of nitrogens with zero attached hydrogens (tertiary/aromatic N) is 3. The third kappa shape index (κ3) is 2.23. The van der Waals surface area contributed by atoms with Gasteiger partial charge in [-0.2, -0.15) is 0 Å². The van der Waals surface area contributed by atoms with E-state index in [4.69, 9.17) is 0 Å². The summed E-state index contributed by atoms with van der Waals surface area (Å²) in [5.41, 5.74) is 0. The zero-order chi connectivity index (χ0) is 9.97. The van der Waals surface area contributed by atoms with Gasteiger partial charge in [-0.1, -0.05) is 6.92 Å². The molecule has 0 saturated carbocycles. The highest BCUT2D eigenvalue weighted by atomic mass is 79.9. The molecule has 1 aliphatic heterocycles. The Morgan fingerprint density at radius 3 is 2.57 bits per heavy atom. The summed E-state index contributed by atoms with van der Waals surface area (Å²) in [5.74, 6) is 1.86. The first-order valence-corrected chi connectivity index (χ1v) is 5.79. The molecule has 0 unspecified atom stereocenters. The Balaban J connectivity index is 2.05. The van der Waals surface area contributed by atoms with Crippen LogP contribution < -0.4 is 4.90 Å². The Morgan fingerprint density at radius 2 is 2.00 bits per heavy atom. The van der Waals surface area contributed by atoms with Gasteiger partial charge in [-0.15, -0.1) is 10.2 Å². The number of anilines is 1. The summed E-state index contributed by atoms with van der Waals surface area (Å²) in [6, 6.07) is 3.97. The Kier molecular flexibility index (Phi) is 3.01. The molecule has 1 aromatic heterocycles. The van der Waals surface area contributed by atoms with E-state index in [1.165, 1.54) is 12.8 Å². The van der Waals surface area contributed by atoms with Crippen LogP contribution in [0.3, 0.4) is 0 Å². The quantitative estimate of drug-likeness (QED) is 0.772. The molecule has 2 rings (SSSR count). The molecule has 3 nitrogen and oxygen atoms in total. The first kappa shape index (κ1) is 9.90. The van der Waals surface area contributed by atoms with E-state index in [1.807, 2.05) is 12.1 Å². The minimum absolute atomic E-state index is 0.798. The van der Waals surface area contributed by atoms with Crippen LogP contribution in [0.15, 0.2) is 16.7 Å². The first-order valence-electron chi connectivity index (χ1n) is 5.00. The number of aromatic nitrogens is 2. The summed E-state index contributed by atoms with van der Waals surface area (Å²) in [6.45, 7) is 4.53. The van der Waals surface area contributed by atoms with Crippen LogP contribution in [0.2, 0.25) is 0 Å². The fourth-order valence-corrected chi connectivity index (χ4v) is 1.93. The third-order valence-electron chi connectivity index (χ3n) is 2.73. The van der Waals surface area contributed by atoms with E-state index in [0.29, 0.717) is 0 Å². The molecule has 1 saturated heterocycles. The average Bonchev–Trinajstić information content (AvgIpc) is 2.21. The molecule has 14 heavy (non-hydrogen) atoms. The smallest absolute Gasteiger partial charge is 0.151 e. The van der Waals surface area contributed by atoms with Gasteiger partial charge in [-0.25, -0.2) is 0 Å². The number of hydrogen-bond acceptors (Lipinski definition) is 3. The molecule has 1 aromatic rings. The van der Waals surface area contributed by atoms with Crippen molar-refractivity contribution in [3.8, 4) is 0 Å². The maximum atomic E-state index is 4.16. The van der Waals surface area contributed by atoms with Crippen LogP contribution >= 0.6 is 15.9 Å². The van der Waals surface area contributed by atoms with E-state index in [-0.39, 0.29) is 0 Å². The standard InChI is InChI=1S/C10H14BrN3/c1-8-4-6-14(7-5-8)10-3-2-9(11)12-13-10/h2-3,8H,4-7H2,1H3. The summed E-state index contributed by atoms with van der Waals surface area (Å²) in [5, 5.41) is 8.15. The van der Waals surface area contributed by atoms with Crippen molar-refractivity contribution >= 4 is 21.7 Å². The molecule has 1 aliphatic rings. The number of rotatable bonds is 1. The van der Waals surface area contributed by atoms with Crippen molar-refractivity contribution in [2.45, 2.75) is 19.8 Å². The maximum Gasteiger partial charge on any atom is 0.151 e. The fourth-order valence-electron chi connectivity index (χ4n) is 1.72. The predicted molar refractivity (Wildman–Crippen MR) is 60.3 cm³/mol. The van der Waals surface area contributed by atoms with Gasteiger partial charge >= 0.3 is 0 Å². The third-order valence-corrected chi connectivity index (χ3v) is 3.15. The monoisotopic (exact) mass is 255 g/mol. The van der Waals surface area contributed by atoms with Crippen LogP contribution in [-0.2, 0) is 0 Å². The summed E-state index contributed by atoms with van der Waals surface area (Å²) in [4.78, 5) is 2.30. The molecule has 0 atom stereocenters. The summed E-state index contributed by atoms with van der Waals surface area (Å²) in [6.07, 6.45) is 2.52. The van der Waals surface area contributed by atoms with Crippen molar-refractivity contribution in [2.75, 3.05) is 18.0 Å². The van der Waals surface area contributed by atoms with Crippen LogP contribution in [0.4, 0.5) is 5.82 Å². The zero-order valence-electron chi connectivity index (χ0n) is 8.28. The summed E-state index contributed by atoms with van der Waals surface area (Å²) >= 11 is 3.29. The van der Waals surface area contributed by atoms with Crippen molar-refractivity contribution < 1.29 is 0 Å². The molecule has 1 fully saturated rings. The lowest BCUT2D eigenvalue weighted by atomic mass is 9.99. The van der Waals surface area contributed by atoms with Gasteiger partial charge in [0.15, 0.2) is 5.82 Å². The molecule has 76 valence electrons. The lowest BCUT2D eigenvalue weighted by Crippen LogP contribution is -2.33. The Labute approximate surface area is 92.7 Å². The van der Waals surface area contributed by atoms with E-state index in [1.54, 1.807) is 0 Å². The highest BCUT2D eigenvalue weighted by Gasteiger charge is 2.16. The average molecular weight is 256 g/mol. The van der Waals surface area contributed by atoms with Crippen LogP contribution in [0.25, 0.3) is 0 Å². The molecular weight excluding hydrogens is 242 g/mol. The highest BCUT2D eigenvalue weighted by Crippen LogP contribution is 2.21. The summed E-state index contributed by atoms with van der Waals surface area (Å²) in [7, 11) is 0. The first-order chi connectivity index (χ1) is 6.75. The molecule has 2 heterocycles. The topological polar surface area (TPSA) is 29.0 Å². The minimum Gasteiger partial charge on any atom is -0.355 e. The molecule has 0 aromatic carbocycles. The van der Waals surface area contributed by atoms with E-state index in [9.17, 15) is 0 Å². The minimum atomic E-state index is 0.798. The van der Waals surface area contributed by atoms with Gasteiger partial charge < -0.3 is 4.90 Å². The second-order valence-electron chi connectivity index (χ2n) is 3.88. The Bertz CT molecular complexity index is 291. The van der Waals surface area contributed by atoms with Gasteiger partial charge in [0.2, 0.25) is 0 Å². The van der Waals surface area contributed by atoms with Crippen LogP contribution in [0.5, 0.6) is 0 Å². The number of piperidine rings is 1. The predicted octanol–water partition coefficient (Wildman–Crippen LogP) is 2.48. The van der Waals surface area contributed by atoms with Crippen LogP contribution in [-0.4, -0.2) is 23.3 Å². The van der Waals surface area contributed by atoms with E-state index < -0.39 is 0 Å². The van der Waals surface area contributed by atoms with E-state index in [0.717, 1.165) is 29.4 Å². The molecule has 0 radical (unpaired) electrons. The second kappa shape index (κ2) is 4.26. The summed E-state index contributed by atoms with van der Waals surface area (Å²) < 4.78 is 0.798. The molecule has 0 amide bonds. The van der Waals surface area contributed by atoms with E-state index in [2.05, 4.69) is 38.0 Å². The van der Waals surface area contributed by atoms with Crippen LogP contribution in [0, 0.1) is 5.92 Å². The van der Waals surface area contributed by atoms with Crippen molar-refractivity contribution in [2.24, 2.45) is 5.92 Å². The van der Waals surface area contributed by atoms with Crippen molar-refractivity contribution in [3.05, 3.63) is 16.7 Å². The van der Waals surface area contributed by atoms with Gasteiger partial charge in [-0.3, -0.25) is 0 Å². The lowest BCUT2D eigenvalue weighted by Gasteiger charge is -2.30. The molecule has 4 heteroatoms. The van der Waals surface area contributed by atoms with Crippen molar-refractivity contribution in [3.63, 3.8) is 0 Å². The van der Waals surface area contributed by atoms with Gasteiger partial charge in [0.25, 0.3) is 0 Å². The highest BCUT2D eigenvalue weighted by molar-refractivity contribution is 9.10. The van der Waals surface area contributed by atoms with Gasteiger partial charge in [-0.05, 0) is 46.8 Å². The molecular formula is C10H14BrN3. The number of hydrogen-bond donors (Lipinski definition) is 0.